The summed E-state index contributed by atoms with van der Waals surface area (Å²) in [5, 5.41) is 4.80. The van der Waals surface area contributed by atoms with Crippen LogP contribution < -0.4 is 15.4 Å². The van der Waals surface area contributed by atoms with Crippen LogP contribution in [0.1, 0.15) is 43.7 Å². The van der Waals surface area contributed by atoms with Gasteiger partial charge in [-0.05, 0) is 56.9 Å². The number of amides is 3. The van der Waals surface area contributed by atoms with Crippen molar-refractivity contribution in [3.8, 4) is 0 Å². The molecule has 3 N–H and O–H groups in total. The van der Waals surface area contributed by atoms with Gasteiger partial charge in [-0.2, -0.15) is 4.72 Å². The third-order valence-electron chi connectivity index (χ3n) is 4.80. The van der Waals surface area contributed by atoms with E-state index >= 15 is 0 Å². The van der Waals surface area contributed by atoms with Gasteiger partial charge in [0.2, 0.25) is 10.0 Å². The van der Waals surface area contributed by atoms with Crippen LogP contribution >= 0.6 is 0 Å². The summed E-state index contributed by atoms with van der Waals surface area (Å²) in [5.74, 6) is -1.72. The molecule has 0 saturated heterocycles. The van der Waals surface area contributed by atoms with Crippen molar-refractivity contribution in [1.29, 1.82) is 0 Å². The first-order valence-corrected chi connectivity index (χ1v) is 10.9. The van der Waals surface area contributed by atoms with Gasteiger partial charge in [0.15, 0.2) is 6.10 Å². The zero-order valence-electron chi connectivity index (χ0n) is 16.8. The van der Waals surface area contributed by atoms with Gasteiger partial charge in [0.25, 0.3) is 5.91 Å². The van der Waals surface area contributed by atoms with Gasteiger partial charge in [-0.25, -0.2) is 13.2 Å². The van der Waals surface area contributed by atoms with Crippen LogP contribution in [-0.4, -0.2) is 45.0 Å². The number of carbonyl (C=O) groups excluding carboxylic acids is 3. The van der Waals surface area contributed by atoms with Crippen LogP contribution in [0.2, 0.25) is 0 Å². The summed E-state index contributed by atoms with van der Waals surface area (Å²) < 4.78 is 31.6. The Morgan fingerprint density at radius 2 is 1.79 bits per heavy atom. The highest BCUT2D eigenvalue weighted by Crippen LogP contribution is 2.17. The topological polar surface area (TPSA) is 131 Å². The van der Waals surface area contributed by atoms with Gasteiger partial charge < -0.3 is 10.1 Å². The predicted octanol–water partition coefficient (Wildman–Crippen LogP) is 1.28. The fourth-order valence-corrected chi connectivity index (χ4v) is 3.97. The lowest BCUT2D eigenvalue weighted by molar-refractivity contribution is -0.153. The number of ether oxygens (including phenoxy) is 1. The molecule has 0 radical (unpaired) electrons. The number of urea groups is 1. The number of imide groups is 1. The third kappa shape index (κ3) is 6.82. The monoisotopic (exact) mass is 425 g/mol. The maximum Gasteiger partial charge on any atom is 0.321 e. The van der Waals surface area contributed by atoms with Crippen LogP contribution in [0.3, 0.4) is 0 Å². The Hall–Kier alpha value is -2.46. The molecule has 1 aromatic carbocycles. The first-order valence-electron chi connectivity index (χ1n) is 9.46. The maximum atomic E-state index is 12.3. The number of benzene rings is 1. The SMILES string of the molecule is Cc1ccc(S(=O)(=O)NCC(=O)O[C@@H](C)C(=O)NC(=O)NC2CCCC2)cc1C. The third-order valence-corrected chi connectivity index (χ3v) is 6.20. The average Bonchev–Trinajstić information content (AvgIpc) is 3.15. The number of hydrogen-bond acceptors (Lipinski definition) is 6. The second kappa shape index (κ2) is 9.84. The molecule has 2 rings (SSSR count). The van der Waals surface area contributed by atoms with Crippen LogP contribution in [0, 0.1) is 13.8 Å². The van der Waals surface area contributed by atoms with Crippen molar-refractivity contribution in [2.24, 2.45) is 0 Å². The van der Waals surface area contributed by atoms with Gasteiger partial charge in [-0.15, -0.1) is 0 Å². The summed E-state index contributed by atoms with van der Waals surface area (Å²) in [5.41, 5.74) is 1.75. The lowest BCUT2D eigenvalue weighted by atomic mass is 10.1. The summed E-state index contributed by atoms with van der Waals surface area (Å²) in [6.45, 7) is 4.30. The summed E-state index contributed by atoms with van der Waals surface area (Å²) in [7, 11) is -3.90. The van der Waals surface area contributed by atoms with Gasteiger partial charge in [-0.1, -0.05) is 18.9 Å². The van der Waals surface area contributed by atoms with Crippen molar-refractivity contribution >= 4 is 27.9 Å². The van der Waals surface area contributed by atoms with Crippen molar-refractivity contribution in [2.75, 3.05) is 6.54 Å². The van der Waals surface area contributed by atoms with Crippen LogP contribution in [0.15, 0.2) is 23.1 Å². The number of nitrogens with one attached hydrogen (secondary N) is 3. The number of rotatable bonds is 7. The molecule has 1 aliphatic rings. The minimum absolute atomic E-state index is 0.0303. The number of carbonyl (C=O) groups is 3. The highest BCUT2D eigenvalue weighted by molar-refractivity contribution is 7.89. The molecule has 9 nitrogen and oxygen atoms in total. The van der Waals surface area contributed by atoms with E-state index in [2.05, 4.69) is 15.4 Å². The normalized spacial score (nSPS) is 15.6. The Labute approximate surface area is 170 Å². The first kappa shape index (κ1) is 22.8. The molecule has 0 spiro atoms. The zero-order valence-corrected chi connectivity index (χ0v) is 17.6. The Morgan fingerprint density at radius 3 is 2.41 bits per heavy atom. The van der Waals surface area contributed by atoms with E-state index in [1.807, 2.05) is 6.92 Å². The van der Waals surface area contributed by atoms with Crippen LogP contribution in [-0.2, 0) is 24.3 Å². The summed E-state index contributed by atoms with van der Waals surface area (Å²) in [4.78, 5) is 35.7. The molecule has 29 heavy (non-hydrogen) atoms. The van der Waals surface area contributed by atoms with Gasteiger partial charge in [0, 0.05) is 6.04 Å². The summed E-state index contributed by atoms with van der Waals surface area (Å²) in [6.07, 6.45) is 2.55. The van der Waals surface area contributed by atoms with Crippen molar-refractivity contribution in [3.05, 3.63) is 29.3 Å². The minimum atomic E-state index is -3.90. The minimum Gasteiger partial charge on any atom is -0.452 e. The van der Waals surface area contributed by atoms with Crippen LogP contribution in [0.25, 0.3) is 0 Å². The highest BCUT2D eigenvalue weighted by atomic mass is 32.2. The van der Waals surface area contributed by atoms with E-state index in [1.54, 1.807) is 13.0 Å². The van der Waals surface area contributed by atoms with Crippen molar-refractivity contribution in [1.82, 2.24) is 15.4 Å². The molecule has 0 aliphatic heterocycles. The van der Waals surface area contributed by atoms with Gasteiger partial charge in [0.05, 0.1) is 4.90 Å². The molecule has 0 bridgehead atoms. The molecular formula is C19H27N3O6S. The first-order chi connectivity index (χ1) is 13.6. The summed E-state index contributed by atoms with van der Waals surface area (Å²) >= 11 is 0. The predicted molar refractivity (Wildman–Crippen MR) is 106 cm³/mol. The number of aryl methyl sites for hydroxylation is 2. The standard InChI is InChI=1S/C19H27N3O6S/c1-12-8-9-16(10-13(12)2)29(26,27)20-11-17(23)28-14(3)18(24)22-19(25)21-15-6-4-5-7-15/h8-10,14-15,20H,4-7,11H2,1-3H3,(H2,21,22,24,25)/t14-/m0/s1. The van der Waals surface area contributed by atoms with Gasteiger partial charge in [0.1, 0.15) is 6.54 Å². The molecule has 160 valence electrons. The molecule has 1 atom stereocenters. The molecular weight excluding hydrogens is 398 g/mol. The zero-order chi connectivity index (χ0) is 21.6. The largest absolute Gasteiger partial charge is 0.452 e. The Kier molecular flexibility index (Phi) is 7.74. The quantitative estimate of drug-likeness (QED) is 0.564. The van der Waals surface area contributed by atoms with Crippen molar-refractivity contribution < 1.29 is 27.5 Å². The number of esters is 1. The van der Waals surface area contributed by atoms with Crippen LogP contribution in [0.5, 0.6) is 0 Å². The smallest absolute Gasteiger partial charge is 0.321 e. The fraction of sp³-hybridized carbons (Fsp3) is 0.526. The fourth-order valence-electron chi connectivity index (χ4n) is 2.92. The van der Waals surface area contributed by atoms with Crippen molar-refractivity contribution in [2.45, 2.75) is 63.5 Å². The molecule has 0 heterocycles. The molecule has 0 aromatic heterocycles. The Balaban J connectivity index is 1.80. The number of hydrogen-bond donors (Lipinski definition) is 3. The molecule has 0 unspecified atom stereocenters. The second-order valence-electron chi connectivity index (χ2n) is 7.15. The van der Waals surface area contributed by atoms with E-state index in [4.69, 9.17) is 4.74 Å². The summed E-state index contributed by atoms with van der Waals surface area (Å²) in [6, 6.07) is 4.02. The van der Waals surface area contributed by atoms with Gasteiger partial charge in [-0.3, -0.25) is 14.9 Å². The lowest BCUT2D eigenvalue weighted by Gasteiger charge is -2.16. The lowest BCUT2D eigenvalue weighted by Crippen LogP contribution is -2.47. The van der Waals surface area contributed by atoms with Crippen LogP contribution in [0.4, 0.5) is 4.79 Å². The van der Waals surface area contributed by atoms with E-state index in [0.717, 1.165) is 36.8 Å². The Bertz CT molecular complexity index is 878. The van der Waals surface area contributed by atoms with E-state index < -0.39 is 40.6 Å². The maximum absolute atomic E-state index is 12.3. The van der Waals surface area contributed by atoms with E-state index in [0.29, 0.717) is 0 Å². The molecule has 3 amide bonds. The molecule has 1 fully saturated rings. The molecule has 1 saturated carbocycles. The Morgan fingerprint density at radius 1 is 1.14 bits per heavy atom. The van der Waals surface area contributed by atoms with E-state index in [1.165, 1.54) is 19.1 Å². The van der Waals surface area contributed by atoms with Gasteiger partial charge >= 0.3 is 12.0 Å². The second-order valence-corrected chi connectivity index (χ2v) is 8.91. The number of sulfonamides is 1. The average molecular weight is 426 g/mol. The molecule has 10 heteroatoms. The molecule has 1 aromatic rings. The molecule has 1 aliphatic carbocycles. The van der Waals surface area contributed by atoms with Crippen molar-refractivity contribution in [3.63, 3.8) is 0 Å². The van der Waals surface area contributed by atoms with E-state index in [9.17, 15) is 22.8 Å². The highest BCUT2D eigenvalue weighted by Gasteiger charge is 2.23. The van der Waals surface area contributed by atoms with E-state index in [-0.39, 0.29) is 10.9 Å².